The monoisotopic (exact) mass is 315 g/mol. The van der Waals surface area contributed by atoms with E-state index in [1.165, 1.54) is 12.3 Å². The predicted molar refractivity (Wildman–Crippen MR) is 70.4 cm³/mol. The Morgan fingerprint density at radius 1 is 1.61 bits per heavy atom. The lowest BCUT2D eigenvalue weighted by Crippen LogP contribution is -2.27. The molecular weight excluding hydrogens is 302 g/mol. The second-order valence-electron chi connectivity index (χ2n) is 4.40. The van der Waals surface area contributed by atoms with Crippen LogP contribution in [-0.2, 0) is 0 Å². The number of nitrogens with zero attached hydrogens (tertiary/aromatic N) is 2. The van der Waals surface area contributed by atoms with Crippen LogP contribution in [0.1, 0.15) is 19.3 Å². The minimum absolute atomic E-state index is 0.0482. The van der Waals surface area contributed by atoms with Gasteiger partial charge in [-0.15, -0.1) is 0 Å². The van der Waals surface area contributed by atoms with Gasteiger partial charge in [-0.1, -0.05) is 6.42 Å². The molecule has 2 atom stereocenters. The lowest BCUT2D eigenvalue weighted by atomic mass is 10.1. The molecule has 0 aliphatic heterocycles. The van der Waals surface area contributed by atoms with E-state index in [0.29, 0.717) is 4.47 Å². The molecule has 0 bridgehead atoms. The Balaban J connectivity index is 2.20. The van der Waals surface area contributed by atoms with Crippen molar-refractivity contribution in [2.45, 2.75) is 25.3 Å². The van der Waals surface area contributed by atoms with Crippen LogP contribution in [-0.4, -0.2) is 27.7 Å². The van der Waals surface area contributed by atoms with Crippen LogP contribution >= 0.6 is 15.9 Å². The van der Waals surface area contributed by atoms with Crippen molar-refractivity contribution in [3.8, 4) is 0 Å². The molecule has 1 aliphatic carbocycles. The summed E-state index contributed by atoms with van der Waals surface area (Å²) in [6.07, 6.45) is 4.39. The van der Waals surface area contributed by atoms with Gasteiger partial charge in [0, 0.05) is 35.3 Å². The highest BCUT2D eigenvalue weighted by atomic mass is 79.9. The highest BCUT2D eigenvalue weighted by Crippen LogP contribution is 2.31. The Hall–Kier alpha value is -1.21. The number of aliphatic hydroxyl groups is 1. The number of hydrogen-bond donors (Lipinski definition) is 2. The molecule has 0 amide bonds. The maximum atomic E-state index is 11.0. The molecule has 98 valence electrons. The molecule has 18 heavy (non-hydrogen) atoms. The molecule has 0 radical (unpaired) electrons. The summed E-state index contributed by atoms with van der Waals surface area (Å²) in [7, 11) is 0. The van der Waals surface area contributed by atoms with Gasteiger partial charge in [-0.2, -0.15) is 0 Å². The lowest BCUT2D eigenvalue weighted by Gasteiger charge is -2.19. The lowest BCUT2D eigenvalue weighted by molar-refractivity contribution is -0.384. The van der Waals surface area contributed by atoms with E-state index in [1.54, 1.807) is 0 Å². The molecule has 0 spiro atoms. The Bertz CT molecular complexity index is 455. The van der Waals surface area contributed by atoms with E-state index < -0.39 is 4.92 Å². The Morgan fingerprint density at radius 3 is 3.06 bits per heavy atom. The highest BCUT2D eigenvalue weighted by molar-refractivity contribution is 9.10. The fourth-order valence-electron chi connectivity index (χ4n) is 2.30. The van der Waals surface area contributed by atoms with Gasteiger partial charge in [0.2, 0.25) is 5.82 Å². The van der Waals surface area contributed by atoms with Gasteiger partial charge in [-0.3, -0.25) is 10.1 Å². The average Bonchev–Trinajstić information content (AvgIpc) is 2.78. The summed E-state index contributed by atoms with van der Waals surface area (Å²) in [6.45, 7) is 0.0992. The molecule has 6 nitrogen and oxygen atoms in total. The van der Waals surface area contributed by atoms with E-state index in [1.807, 2.05) is 0 Å². The summed E-state index contributed by atoms with van der Waals surface area (Å²) < 4.78 is 0.574. The standard InChI is InChI=1S/C11H14BrN3O3/c12-8-4-10(15(17)18)11(13-5-8)14-9-3-1-2-7(9)6-16/h4-5,7,9,16H,1-3,6H2,(H,13,14). The van der Waals surface area contributed by atoms with Gasteiger partial charge in [-0.25, -0.2) is 4.98 Å². The Kier molecular flexibility index (Phi) is 4.13. The molecule has 1 aromatic rings. The Morgan fingerprint density at radius 2 is 2.39 bits per heavy atom. The van der Waals surface area contributed by atoms with E-state index in [0.717, 1.165) is 19.3 Å². The molecule has 1 aliphatic rings. The second-order valence-corrected chi connectivity index (χ2v) is 5.32. The van der Waals surface area contributed by atoms with E-state index in [9.17, 15) is 15.2 Å². The van der Waals surface area contributed by atoms with Gasteiger partial charge in [0.1, 0.15) is 0 Å². The van der Waals surface area contributed by atoms with Crippen LogP contribution in [0.2, 0.25) is 0 Å². The first-order chi connectivity index (χ1) is 8.61. The van der Waals surface area contributed by atoms with Gasteiger partial charge >= 0.3 is 5.69 Å². The molecule has 0 aromatic carbocycles. The molecule has 1 fully saturated rings. The number of aliphatic hydroxyl groups excluding tert-OH is 1. The smallest absolute Gasteiger partial charge is 0.312 e. The average molecular weight is 316 g/mol. The highest BCUT2D eigenvalue weighted by Gasteiger charge is 2.29. The fraction of sp³-hybridized carbons (Fsp3) is 0.545. The van der Waals surface area contributed by atoms with Crippen LogP contribution in [0.15, 0.2) is 16.7 Å². The van der Waals surface area contributed by atoms with Crippen molar-refractivity contribution >= 4 is 27.4 Å². The molecule has 2 unspecified atom stereocenters. The van der Waals surface area contributed by atoms with Crippen molar-refractivity contribution in [1.82, 2.24) is 4.98 Å². The summed E-state index contributed by atoms with van der Waals surface area (Å²) >= 11 is 3.17. The third kappa shape index (κ3) is 2.78. The van der Waals surface area contributed by atoms with Crippen molar-refractivity contribution in [1.29, 1.82) is 0 Å². The number of nitrogens with one attached hydrogen (secondary N) is 1. The maximum absolute atomic E-state index is 11.0. The quantitative estimate of drug-likeness (QED) is 0.657. The molecular formula is C11H14BrN3O3. The van der Waals surface area contributed by atoms with Crippen molar-refractivity contribution < 1.29 is 10.0 Å². The fourth-order valence-corrected chi connectivity index (χ4v) is 2.62. The van der Waals surface area contributed by atoms with Crippen LogP contribution < -0.4 is 5.32 Å². The van der Waals surface area contributed by atoms with Crippen molar-refractivity contribution in [3.63, 3.8) is 0 Å². The summed E-state index contributed by atoms with van der Waals surface area (Å²) in [5, 5.41) is 23.3. The van der Waals surface area contributed by atoms with Gasteiger partial charge in [-0.05, 0) is 28.8 Å². The third-order valence-electron chi connectivity index (χ3n) is 3.25. The second kappa shape index (κ2) is 5.62. The van der Waals surface area contributed by atoms with Crippen LogP contribution in [0, 0.1) is 16.0 Å². The molecule has 1 heterocycles. The SMILES string of the molecule is O=[N+]([O-])c1cc(Br)cnc1NC1CCCC1CO. The van der Waals surface area contributed by atoms with Crippen LogP contribution in [0.3, 0.4) is 0 Å². The summed E-state index contributed by atoms with van der Waals surface area (Å²) in [5.74, 6) is 0.420. The number of nitro groups is 1. The number of pyridine rings is 1. The van der Waals surface area contributed by atoms with Crippen LogP contribution in [0.5, 0.6) is 0 Å². The van der Waals surface area contributed by atoms with E-state index >= 15 is 0 Å². The predicted octanol–water partition coefficient (Wildman–Crippen LogP) is 2.33. The zero-order valence-electron chi connectivity index (χ0n) is 9.67. The largest absolute Gasteiger partial charge is 0.396 e. The zero-order valence-corrected chi connectivity index (χ0v) is 11.3. The van der Waals surface area contributed by atoms with Crippen LogP contribution in [0.25, 0.3) is 0 Å². The summed E-state index contributed by atoms with van der Waals surface area (Å²) in [5.41, 5.74) is -0.0482. The van der Waals surface area contributed by atoms with E-state index in [2.05, 4.69) is 26.2 Å². The molecule has 7 heteroatoms. The molecule has 0 saturated heterocycles. The zero-order chi connectivity index (χ0) is 13.1. The van der Waals surface area contributed by atoms with Gasteiger partial charge in [0.05, 0.1) is 4.92 Å². The molecule has 2 rings (SSSR count). The first-order valence-electron chi connectivity index (χ1n) is 5.79. The Labute approximate surface area is 113 Å². The topological polar surface area (TPSA) is 88.3 Å². The number of anilines is 1. The van der Waals surface area contributed by atoms with Gasteiger partial charge in [0.25, 0.3) is 0 Å². The number of halogens is 1. The van der Waals surface area contributed by atoms with Crippen molar-refractivity contribution in [2.75, 3.05) is 11.9 Å². The number of rotatable bonds is 4. The number of aromatic nitrogens is 1. The third-order valence-corrected chi connectivity index (χ3v) is 3.68. The maximum Gasteiger partial charge on any atom is 0.312 e. The van der Waals surface area contributed by atoms with E-state index in [4.69, 9.17) is 0 Å². The van der Waals surface area contributed by atoms with E-state index in [-0.39, 0.29) is 30.1 Å². The van der Waals surface area contributed by atoms with Crippen molar-refractivity contribution in [2.24, 2.45) is 5.92 Å². The van der Waals surface area contributed by atoms with Crippen LogP contribution in [0.4, 0.5) is 11.5 Å². The molecule has 1 aromatic heterocycles. The minimum atomic E-state index is -0.455. The van der Waals surface area contributed by atoms with Gasteiger partial charge < -0.3 is 10.4 Å². The summed E-state index contributed by atoms with van der Waals surface area (Å²) in [4.78, 5) is 14.5. The molecule has 1 saturated carbocycles. The first-order valence-corrected chi connectivity index (χ1v) is 6.58. The first kappa shape index (κ1) is 13.2. The molecule has 2 N–H and O–H groups in total. The van der Waals surface area contributed by atoms with Crippen molar-refractivity contribution in [3.05, 3.63) is 26.9 Å². The summed E-state index contributed by atoms with van der Waals surface area (Å²) in [6, 6.07) is 1.49. The minimum Gasteiger partial charge on any atom is -0.396 e. The normalized spacial score (nSPS) is 23.0. The number of hydrogen-bond acceptors (Lipinski definition) is 5. The van der Waals surface area contributed by atoms with Gasteiger partial charge in [0.15, 0.2) is 0 Å².